The zero-order valence-corrected chi connectivity index (χ0v) is 17.4. The lowest BCUT2D eigenvalue weighted by molar-refractivity contribution is -0.149. The van der Waals surface area contributed by atoms with Crippen LogP contribution in [0.2, 0.25) is 10.0 Å². The predicted octanol–water partition coefficient (Wildman–Crippen LogP) is 4.27. The van der Waals surface area contributed by atoms with Gasteiger partial charge in [-0.1, -0.05) is 41.4 Å². The van der Waals surface area contributed by atoms with E-state index in [2.05, 4.69) is 5.32 Å². The molecule has 0 radical (unpaired) electrons. The fourth-order valence-electron chi connectivity index (χ4n) is 3.57. The van der Waals surface area contributed by atoms with Gasteiger partial charge in [-0.05, 0) is 36.8 Å². The Labute approximate surface area is 178 Å². The number of benzene rings is 2. The van der Waals surface area contributed by atoms with Crippen molar-refractivity contribution in [1.82, 2.24) is 0 Å². The summed E-state index contributed by atoms with van der Waals surface area (Å²) in [5.41, 5.74) is 6.82. The molecular formula is C21H20Cl2N2O4. The third-order valence-electron chi connectivity index (χ3n) is 4.77. The molecule has 8 heteroatoms. The lowest BCUT2D eigenvalue weighted by Crippen LogP contribution is -2.45. The van der Waals surface area contributed by atoms with Gasteiger partial charge in [0, 0.05) is 39.0 Å². The van der Waals surface area contributed by atoms with E-state index in [1.165, 1.54) is 13.2 Å². The van der Waals surface area contributed by atoms with Crippen LogP contribution in [0.25, 0.3) is 0 Å². The van der Waals surface area contributed by atoms with Crippen LogP contribution in [0.15, 0.2) is 48.6 Å². The molecule has 29 heavy (non-hydrogen) atoms. The normalized spacial score (nSPS) is 20.2. The number of ether oxygens (including phenoxy) is 2. The van der Waals surface area contributed by atoms with Crippen molar-refractivity contribution in [3.63, 3.8) is 0 Å². The van der Waals surface area contributed by atoms with E-state index < -0.39 is 23.4 Å². The van der Waals surface area contributed by atoms with Crippen LogP contribution in [0.4, 0.5) is 11.4 Å². The smallest absolute Gasteiger partial charge is 0.337 e. The van der Waals surface area contributed by atoms with Gasteiger partial charge in [-0.25, -0.2) is 9.59 Å². The fraction of sp³-hybridized carbons (Fsp3) is 0.238. The Morgan fingerprint density at radius 3 is 2.69 bits per heavy atom. The molecule has 0 spiro atoms. The van der Waals surface area contributed by atoms with E-state index in [-0.39, 0.29) is 6.61 Å². The van der Waals surface area contributed by atoms with E-state index in [1.54, 1.807) is 49.4 Å². The maximum Gasteiger partial charge on any atom is 0.337 e. The minimum Gasteiger partial charge on any atom is -0.466 e. The summed E-state index contributed by atoms with van der Waals surface area (Å²) in [6.45, 7) is 1.89. The lowest BCUT2D eigenvalue weighted by atomic mass is 9.77. The first-order valence-electron chi connectivity index (χ1n) is 8.90. The van der Waals surface area contributed by atoms with E-state index >= 15 is 0 Å². The van der Waals surface area contributed by atoms with Gasteiger partial charge in [-0.15, -0.1) is 0 Å². The van der Waals surface area contributed by atoms with Crippen LogP contribution in [0.3, 0.4) is 0 Å². The van der Waals surface area contributed by atoms with Crippen molar-refractivity contribution in [1.29, 1.82) is 0 Å². The fourth-order valence-corrected chi connectivity index (χ4v) is 4.18. The molecule has 1 heterocycles. The number of esters is 2. The molecule has 0 saturated heterocycles. The van der Waals surface area contributed by atoms with Crippen molar-refractivity contribution in [2.45, 2.75) is 18.4 Å². The number of hydrogen-bond donors (Lipinski definition) is 2. The van der Waals surface area contributed by atoms with Gasteiger partial charge in [-0.3, -0.25) is 0 Å². The molecule has 1 aliphatic rings. The van der Waals surface area contributed by atoms with Crippen molar-refractivity contribution in [2.24, 2.45) is 0 Å². The topological polar surface area (TPSA) is 90.6 Å². The zero-order valence-electron chi connectivity index (χ0n) is 15.9. The molecular weight excluding hydrogens is 415 g/mol. The number of hydrogen-bond acceptors (Lipinski definition) is 6. The molecule has 0 bridgehead atoms. The summed E-state index contributed by atoms with van der Waals surface area (Å²) in [4.78, 5) is 25.1. The number of nitrogens with two attached hydrogens (primary N) is 1. The highest BCUT2D eigenvalue weighted by Crippen LogP contribution is 2.53. The predicted molar refractivity (Wildman–Crippen MR) is 113 cm³/mol. The number of fused-ring (bicyclic) bond motifs is 1. The summed E-state index contributed by atoms with van der Waals surface area (Å²) in [6.07, 6.45) is 2.83. The molecule has 0 amide bonds. The molecule has 2 aromatic carbocycles. The van der Waals surface area contributed by atoms with Crippen LogP contribution in [0.1, 0.15) is 24.0 Å². The van der Waals surface area contributed by atoms with Gasteiger partial charge in [0.25, 0.3) is 0 Å². The molecule has 152 valence electrons. The highest BCUT2D eigenvalue weighted by atomic mass is 35.5. The van der Waals surface area contributed by atoms with Gasteiger partial charge in [-0.2, -0.15) is 0 Å². The number of nitrogens with one attached hydrogen (secondary N) is 1. The standard InChI is InChI=1S/C21H20Cl2N2O4/c1-3-29-20(27)21(12-5-4-6-14(24)9-12)15(7-8-18(26)28-2)19-16(23)10-13(22)11-17(19)25-21/h4-11,15,25H,3,24H2,1-2H3/b8-7-. The quantitative estimate of drug-likeness (QED) is 0.414. The third kappa shape index (κ3) is 3.78. The van der Waals surface area contributed by atoms with Crippen LogP contribution in [-0.2, 0) is 24.6 Å². The number of rotatable bonds is 5. The number of methoxy groups -OCH3 is 1. The second-order valence-electron chi connectivity index (χ2n) is 6.49. The van der Waals surface area contributed by atoms with Crippen molar-refractivity contribution >= 4 is 46.5 Å². The third-order valence-corrected chi connectivity index (χ3v) is 5.30. The summed E-state index contributed by atoms with van der Waals surface area (Å²) in [5, 5.41) is 4.01. The van der Waals surface area contributed by atoms with E-state index in [0.29, 0.717) is 32.5 Å². The zero-order chi connectivity index (χ0) is 21.2. The minimum atomic E-state index is -1.40. The summed E-state index contributed by atoms with van der Waals surface area (Å²) in [6, 6.07) is 10.2. The highest BCUT2D eigenvalue weighted by molar-refractivity contribution is 6.36. The second kappa shape index (κ2) is 8.35. The Hall–Kier alpha value is -2.70. The first-order chi connectivity index (χ1) is 13.8. The molecule has 0 fully saturated rings. The van der Waals surface area contributed by atoms with Gasteiger partial charge >= 0.3 is 11.9 Å². The SMILES string of the molecule is CCOC(=O)C1(c2cccc(N)c2)Nc2cc(Cl)cc(Cl)c2C1/C=C\C(=O)OC. The van der Waals surface area contributed by atoms with Crippen molar-refractivity contribution in [2.75, 3.05) is 24.8 Å². The van der Waals surface area contributed by atoms with Crippen LogP contribution in [-0.4, -0.2) is 25.7 Å². The van der Waals surface area contributed by atoms with Crippen LogP contribution >= 0.6 is 23.2 Å². The summed E-state index contributed by atoms with van der Waals surface area (Å²) in [5.74, 6) is -1.77. The summed E-state index contributed by atoms with van der Waals surface area (Å²) < 4.78 is 10.1. The number of carbonyl (C=O) groups is 2. The molecule has 1 aliphatic heterocycles. The molecule has 2 unspecified atom stereocenters. The van der Waals surface area contributed by atoms with E-state index in [4.69, 9.17) is 38.4 Å². The minimum absolute atomic E-state index is 0.169. The molecule has 0 saturated carbocycles. The first kappa shape index (κ1) is 21.0. The first-order valence-corrected chi connectivity index (χ1v) is 9.65. The number of nitrogen functional groups attached to an aromatic ring is 1. The monoisotopic (exact) mass is 434 g/mol. The molecule has 0 aliphatic carbocycles. The van der Waals surface area contributed by atoms with Crippen LogP contribution in [0, 0.1) is 0 Å². The molecule has 0 aromatic heterocycles. The van der Waals surface area contributed by atoms with Crippen LogP contribution < -0.4 is 11.1 Å². The second-order valence-corrected chi connectivity index (χ2v) is 7.33. The Bertz CT molecular complexity index is 993. The number of anilines is 2. The van der Waals surface area contributed by atoms with E-state index in [1.807, 2.05) is 0 Å². The van der Waals surface area contributed by atoms with Crippen molar-refractivity contribution in [3.8, 4) is 0 Å². The average molecular weight is 435 g/mol. The number of halogens is 2. The largest absolute Gasteiger partial charge is 0.466 e. The van der Waals surface area contributed by atoms with Crippen LogP contribution in [0.5, 0.6) is 0 Å². The Kier molecular flexibility index (Phi) is 6.05. The molecule has 3 N–H and O–H groups in total. The Balaban J connectivity index is 2.29. The van der Waals surface area contributed by atoms with Gasteiger partial charge in [0.1, 0.15) is 0 Å². The average Bonchev–Trinajstić information content (AvgIpc) is 3.01. The van der Waals surface area contributed by atoms with Gasteiger partial charge in [0.2, 0.25) is 0 Å². The number of carbonyl (C=O) groups excluding carboxylic acids is 2. The maximum atomic E-state index is 13.3. The highest BCUT2D eigenvalue weighted by Gasteiger charge is 2.54. The van der Waals surface area contributed by atoms with Gasteiger partial charge in [0.15, 0.2) is 5.54 Å². The van der Waals surface area contributed by atoms with E-state index in [0.717, 1.165) is 0 Å². The van der Waals surface area contributed by atoms with Gasteiger partial charge < -0.3 is 20.5 Å². The maximum absolute atomic E-state index is 13.3. The summed E-state index contributed by atoms with van der Waals surface area (Å²) in [7, 11) is 1.27. The summed E-state index contributed by atoms with van der Waals surface area (Å²) >= 11 is 12.7. The molecule has 2 atom stereocenters. The molecule has 2 aromatic rings. The van der Waals surface area contributed by atoms with Crippen molar-refractivity contribution in [3.05, 3.63) is 69.7 Å². The lowest BCUT2D eigenvalue weighted by Gasteiger charge is -2.33. The van der Waals surface area contributed by atoms with Gasteiger partial charge in [0.05, 0.1) is 13.7 Å². The van der Waals surface area contributed by atoms with Crippen molar-refractivity contribution < 1.29 is 19.1 Å². The van der Waals surface area contributed by atoms with E-state index in [9.17, 15) is 9.59 Å². The Morgan fingerprint density at radius 1 is 1.28 bits per heavy atom. The molecule has 6 nitrogen and oxygen atoms in total. The Morgan fingerprint density at radius 2 is 2.03 bits per heavy atom. The molecule has 3 rings (SSSR count).